The van der Waals surface area contributed by atoms with E-state index in [9.17, 15) is 85.9 Å². The molecule has 534 valence electrons. The molecule has 5 aromatic carbocycles. The molecule has 0 bridgehead atoms. The molecule has 4 amide bonds. The smallest absolute Gasteiger partial charge is 0.744 e. The van der Waals surface area contributed by atoms with E-state index in [1.807, 2.05) is 44.2 Å². The molecule has 37 heteroatoms. The Morgan fingerprint density at radius 2 is 0.930 bits per heavy atom. The van der Waals surface area contributed by atoms with Gasteiger partial charge in [0.1, 0.15) is 15.9 Å². The number of sulfonamides is 2. The maximum absolute atomic E-state index is 12.8. The van der Waals surface area contributed by atoms with Gasteiger partial charge in [-0.3, -0.25) is 47.7 Å². The largest absolute Gasteiger partial charge is 1.00 e. The number of amides is 4. The molecule has 2 saturated carbocycles. The van der Waals surface area contributed by atoms with E-state index in [-0.39, 0.29) is 90.2 Å². The summed E-state index contributed by atoms with van der Waals surface area (Å²) >= 11 is 13.8. The van der Waals surface area contributed by atoms with E-state index < -0.39 is 102 Å². The van der Waals surface area contributed by atoms with E-state index in [0.717, 1.165) is 101 Å². The van der Waals surface area contributed by atoms with Gasteiger partial charge in [-0.25, -0.2) is 33.7 Å². The van der Waals surface area contributed by atoms with Gasteiger partial charge in [-0.2, -0.15) is 8.61 Å². The van der Waals surface area contributed by atoms with Crippen molar-refractivity contribution in [3.8, 4) is 5.75 Å². The summed E-state index contributed by atoms with van der Waals surface area (Å²) in [5.41, 5.74) is 1.60. The van der Waals surface area contributed by atoms with Gasteiger partial charge in [-0.15, -0.1) is 0 Å². The Kier molecular flexibility index (Phi) is 29.4. The van der Waals surface area contributed by atoms with Gasteiger partial charge in [0, 0.05) is 42.9 Å². The van der Waals surface area contributed by atoms with Crippen LogP contribution in [0.3, 0.4) is 0 Å². The van der Waals surface area contributed by atoms with E-state index in [2.05, 4.69) is 49.7 Å². The van der Waals surface area contributed by atoms with E-state index in [1.54, 1.807) is 0 Å². The number of anilines is 4. The van der Waals surface area contributed by atoms with Crippen molar-refractivity contribution in [3.63, 3.8) is 0 Å². The number of likely N-dealkylation sites (N-methyl/N-ethyl adjacent to an activating group) is 1. The van der Waals surface area contributed by atoms with Crippen LogP contribution in [-0.2, 0) is 67.8 Å². The van der Waals surface area contributed by atoms with Crippen molar-refractivity contribution in [1.82, 2.24) is 8.61 Å². The van der Waals surface area contributed by atoms with Crippen LogP contribution >= 0.6 is 49.6 Å². The summed E-state index contributed by atoms with van der Waals surface area (Å²) in [6.07, 6.45) is 14.5. The molecular formula is C63H68Cl4N6NaO21PS4. The molecular weight excluding hydrogens is 1500 g/mol. The van der Waals surface area contributed by atoms with Gasteiger partial charge in [0.2, 0.25) is 20.0 Å². The molecule has 6 aliphatic heterocycles. The average molecular weight is 1570 g/mol. The van der Waals surface area contributed by atoms with Crippen LogP contribution in [0.25, 0.3) is 0 Å². The molecule has 0 unspecified atom stereocenters. The predicted octanol–water partition coefficient (Wildman–Crippen LogP) is 7.60. The summed E-state index contributed by atoms with van der Waals surface area (Å²) in [5.74, 6) is -4.68. The van der Waals surface area contributed by atoms with Crippen molar-refractivity contribution in [3.05, 3.63) is 125 Å². The second-order valence-corrected chi connectivity index (χ2v) is 37.7. The van der Waals surface area contributed by atoms with Crippen molar-refractivity contribution >= 4 is 164 Å². The van der Waals surface area contributed by atoms with Gasteiger partial charge in [-0.05, 0) is 189 Å². The van der Waals surface area contributed by atoms with Gasteiger partial charge < -0.3 is 35.2 Å². The number of carboxylic acid groups (broad SMARTS) is 1. The Morgan fingerprint density at radius 3 is 1.33 bits per heavy atom. The Morgan fingerprint density at radius 1 is 0.550 bits per heavy atom. The summed E-state index contributed by atoms with van der Waals surface area (Å²) in [6, 6.07) is 25.5. The zero-order valence-electron chi connectivity index (χ0n) is 54.2. The number of ketones is 4. The summed E-state index contributed by atoms with van der Waals surface area (Å²) < 4.78 is 123. The molecule has 5 aromatic rings. The number of nitrogens with zero attached hydrogens (tertiary/aromatic N) is 3. The van der Waals surface area contributed by atoms with Crippen LogP contribution in [0.5, 0.6) is 5.75 Å². The molecule has 27 nitrogen and oxygen atoms in total. The fraction of sp³-hybridized carbons (Fsp3) is 0.381. The Balaban J connectivity index is 0.000000190. The van der Waals surface area contributed by atoms with E-state index in [0.29, 0.717) is 30.2 Å². The molecule has 2 saturated heterocycles. The van der Waals surface area contributed by atoms with Crippen LogP contribution in [-0.4, -0.2) is 143 Å². The number of carboxylic acids is 1. The molecule has 2 aliphatic carbocycles. The molecule has 0 spiro atoms. The number of para-hydroxylation sites is 1. The zero-order chi connectivity index (χ0) is 73.1. The average Bonchev–Trinajstić information content (AvgIpc) is 1.57. The first-order chi connectivity index (χ1) is 46.4. The Bertz CT molecular complexity index is 4410. The molecule has 0 aromatic heterocycles. The summed E-state index contributed by atoms with van der Waals surface area (Å²) in [6.45, 7) is 5.85. The fourth-order valence-corrected chi connectivity index (χ4v) is 16.6. The van der Waals surface area contributed by atoms with Crippen molar-refractivity contribution in [1.29, 1.82) is 0 Å². The number of carbonyl (C=O) groups excluding carboxylic acids is 8. The molecule has 6 heterocycles. The topological polar surface area (TPSA) is 406 Å². The van der Waals surface area contributed by atoms with Gasteiger partial charge in [-0.1, -0.05) is 57.7 Å². The number of aliphatic carboxylic acids is 1. The van der Waals surface area contributed by atoms with E-state index >= 15 is 0 Å². The normalized spacial score (nSPS) is 18.7. The number of Topliss-reactive ketones (excluding diaryl/α,β-unsaturated/α-hetero) is 4. The number of hydrogen-bond acceptors (Lipinski definition) is 20. The summed E-state index contributed by atoms with van der Waals surface area (Å²) in [7, 11) is -9.13. The maximum Gasteiger partial charge on any atom is 1.00 e. The predicted molar refractivity (Wildman–Crippen MR) is 366 cm³/mol. The Hall–Kier alpha value is -6.00. The molecule has 100 heavy (non-hydrogen) atoms. The third kappa shape index (κ3) is 21.3. The van der Waals surface area contributed by atoms with Gasteiger partial charge >= 0.3 is 40.7 Å². The monoisotopic (exact) mass is 1570 g/mol. The van der Waals surface area contributed by atoms with Crippen LogP contribution < -0.4 is 55.1 Å². The second-order valence-electron chi connectivity index (χ2n) is 23.4. The van der Waals surface area contributed by atoms with Crippen LogP contribution in [0, 0.1) is 11.8 Å². The minimum Gasteiger partial charge on any atom is -0.744 e. The van der Waals surface area contributed by atoms with E-state index in [4.69, 9.17) is 20.5 Å². The number of nitrogens with one attached hydrogen (secondary N) is 3. The van der Waals surface area contributed by atoms with Crippen LogP contribution in [0.1, 0.15) is 145 Å². The fourth-order valence-electron chi connectivity index (χ4n) is 11.8. The minimum atomic E-state index is -4.61. The molecule has 13 rings (SSSR count). The number of rotatable bonds is 12. The molecule has 4 fully saturated rings. The first-order valence-corrected chi connectivity index (χ1v) is 41.9. The summed E-state index contributed by atoms with van der Waals surface area (Å²) in [4.78, 5) is 102. The van der Waals surface area contributed by atoms with Crippen LogP contribution in [0.4, 0.5) is 22.7 Å². The third-order valence-electron chi connectivity index (χ3n) is 16.9. The number of fused-ring (bicyclic) bond motifs is 4. The zero-order valence-corrected chi connectivity index (χ0v) is 63.4. The molecule has 2 atom stereocenters. The second kappa shape index (κ2) is 35.5. The van der Waals surface area contributed by atoms with Crippen molar-refractivity contribution < 1.29 is 125 Å². The molecule has 8 aliphatic rings. The quantitative estimate of drug-likeness (QED) is 0.0307. The van der Waals surface area contributed by atoms with Crippen LogP contribution in [0.2, 0.25) is 0 Å². The van der Waals surface area contributed by atoms with Crippen LogP contribution in [0.15, 0.2) is 123 Å². The van der Waals surface area contributed by atoms with Crippen molar-refractivity contribution in [2.45, 2.75) is 135 Å². The number of ether oxygens (including phenoxy) is 1. The third-order valence-corrected chi connectivity index (χ3v) is 23.0. The SMILES string of the molecule is CC[C@@H]1CCCN1S(=O)(=O)c1ccc2c(c1)C(=O)C(=O)N2.CC[C@@H]1CCCN1S(=O)(=O)c1ccc2c(c1)C(=O)C(=O)N2[11CH3].O=C(O)C1CCCC1.O=C1Nc2ccc(S(=O)(=O)Cl)cc2C1=O.O=C1Nc2ccc(S(=O)(=O)[O-])cc2C1=O.O=P(Cl)(Cl)Cl.[Na+].c1ccc(OCC2CCCC2)cc1. The number of halogens is 4. The van der Waals surface area contributed by atoms with Crippen molar-refractivity contribution in [2.24, 2.45) is 11.8 Å². The van der Waals surface area contributed by atoms with Crippen molar-refractivity contribution in [2.75, 3.05) is 47.6 Å². The molecule has 4 N–H and O–H groups in total. The first-order valence-electron chi connectivity index (χ1n) is 30.9. The van der Waals surface area contributed by atoms with Gasteiger partial charge in [0.15, 0.2) is 0 Å². The number of carbonyl (C=O) groups is 9. The molecule has 0 radical (unpaired) electrons. The standard InChI is InChI=1S/C15H18N2O4S.C14H16N2O4S.C12H16O.C8H4ClNO4S.C8H5NO5S.C6H10O2.Cl3OP.Na/c1-3-10-5-4-8-17(10)22(20,21)11-6-7-13-12(9-11)14(18)15(19)16(13)2;1-2-9-4-3-7-16(9)21(19,20)10-5-6-12-11(8-10)13(17)14(18)15-12;1-2-8-12(9-3-1)13-10-11-6-4-5-7-11;9-15(13,14)4-1-2-6-5(3-4)7(11)8(12)10-6;10-7-5-3-4(15(12,13)14)1-2-6(5)9-8(7)11;7-6(8)5-3-1-2-4-5;1-5(2,3)4;/h6-7,9-10H,3-5,8H2,1-2H3;5-6,8-9H,2-4,7H2,1H3,(H,15,17,18);1-3,8-9,11H,4-7,10H2;1-3H,(H,10,11,12);1-3H,(H,9,10,11)(H,12,13,14);5H,1-4H2,(H,7,8);;/q;;;;;;;+1/p-1/t10-;9-;;;;;;/m11....../s1/i2-1;;;;;;;. The number of benzene rings is 5. The van der Waals surface area contributed by atoms with Gasteiger partial charge in [0.05, 0.1) is 77.1 Å². The van der Waals surface area contributed by atoms with Gasteiger partial charge in [0.25, 0.3) is 55.8 Å². The Labute approximate surface area is 619 Å². The minimum absolute atomic E-state index is 0. The number of hydrogen-bond donors (Lipinski definition) is 4. The maximum atomic E-state index is 12.8. The summed E-state index contributed by atoms with van der Waals surface area (Å²) in [5, 5.41) is 12.1. The van der Waals surface area contributed by atoms with E-state index in [1.165, 1.54) is 101 Å². The first kappa shape index (κ1) is 83.0.